The summed E-state index contributed by atoms with van der Waals surface area (Å²) in [5, 5.41) is 0. The Morgan fingerprint density at radius 2 is 2.11 bits per heavy atom. The van der Waals surface area contributed by atoms with Gasteiger partial charge in [0.05, 0.1) is 6.61 Å². The third-order valence-electron chi connectivity index (χ3n) is 3.13. The molecule has 2 rings (SSSR count). The Morgan fingerprint density at radius 1 is 1.22 bits per heavy atom. The summed E-state index contributed by atoms with van der Waals surface area (Å²) in [5.74, 6) is 0.947. The van der Waals surface area contributed by atoms with Crippen LogP contribution in [0.4, 0.5) is 0 Å². The van der Waals surface area contributed by atoms with Crippen LogP contribution in [0.5, 0.6) is 5.75 Å². The predicted molar refractivity (Wildman–Crippen MR) is 71.0 cm³/mol. The SMILES string of the molecule is Cc1ccc(C)c(OCCOC2CCCCO2)c1. The van der Waals surface area contributed by atoms with Crippen LogP contribution in [0.3, 0.4) is 0 Å². The van der Waals surface area contributed by atoms with E-state index in [-0.39, 0.29) is 6.29 Å². The van der Waals surface area contributed by atoms with E-state index in [4.69, 9.17) is 14.2 Å². The maximum atomic E-state index is 5.73. The van der Waals surface area contributed by atoms with Gasteiger partial charge in [0.2, 0.25) is 0 Å². The predicted octanol–water partition coefficient (Wildman–Crippen LogP) is 3.23. The van der Waals surface area contributed by atoms with E-state index in [1.54, 1.807) is 0 Å². The Bertz CT molecular complexity index is 370. The van der Waals surface area contributed by atoms with Gasteiger partial charge in [-0.3, -0.25) is 0 Å². The molecule has 1 aliphatic rings. The summed E-state index contributed by atoms with van der Waals surface area (Å²) in [7, 11) is 0. The van der Waals surface area contributed by atoms with E-state index < -0.39 is 0 Å². The molecule has 1 unspecified atom stereocenters. The molecular weight excluding hydrogens is 228 g/mol. The van der Waals surface area contributed by atoms with Gasteiger partial charge >= 0.3 is 0 Å². The van der Waals surface area contributed by atoms with Crippen LogP contribution >= 0.6 is 0 Å². The smallest absolute Gasteiger partial charge is 0.157 e. The van der Waals surface area contributed by atoms with Gasteiger partial charge in [0.25, 0.3) is 0 Å². The second kappa shape index (κ2) is 6.76. The van der Waals surface area contributed by atoms with Crippen LogP contribution in [0.2, 0.25) is 0 Å². The van der Waals surface area contributed by atoms with Crippen molar-refractivity contribution < 1.29 is 14.2 Å². The normalized spacial score (nSPS) is 19.8. The zero-order valence-corrected chi connectivity index (χ0v) is 11.3. The summed E-state index contributed by atoms with van der Waals surface area (Å²) >= 11 is 0. The molecule has 0 spiro atoms. The molecule has 1 fully saturated rings. The van der Waals surface area contributed by atoms with Gasteiger partial charge in [0.15, 0.2) is 6.29 Å². The molecule has 3 heteroatoms. The van der Waals surface area contributed by atoms with Crippen LogP contribution in [0.1, 0.15) is 30.4 Å². The Morgan fingerprint density at radius 3 is 2.89 bits per heavy atom. The van der Waals surface area contributed by atoms with Crippen molar-refractivity contribution in [2.45, 2.75) is 39.4 Å². The summed E-state index contributed by atoms with van der Waals surface area (Å²) in [5.41, 5.74) is 2.38. The minimum atomic E-state index is -0.0269. The molecule has 1 aliphatic heterocycles. The van der Waals surface area contributed by atoms with Gasteiger partial charge in [-0.05, 0) is 50.3 Å². The Hall–Kier alpha value is -1.06. The lowest BCUT2D eigenvalue weighted by Gasteiger charge is -2.22. The molecule has 3 nitrogen and oxygen atoms in total. The van der Waals surface area contributed by atoms with E-state index in [9.17, 15) is 0 Å². The Kier molecular flexibility index (Phi) is 5.02. The largest absolute Gasteiger partial charge is 0.491 e. The van der Waals surface area contributed by atoms with Gasteiger partial charge in [-0.25, -0.2) is 0 Å². The maximum absolute atomic E-state index is 5.73. The average Bonchev–Trinajstić information content (AvgIpc) is 2.40. The fourth-order valence-corrected chi connectivity index (χ4v) is 2.04. The molecule has 100 valence electrons. The molecule has 0 radical (unpaired) electrons. The molecule has 1 aromatic rings. The van der Waals surface area contributed by atoms with Crippen LogP contribution in [-0.2, 0) is 9.47 Å². The lowest BCUT2D eigenvalue weighted by atomic mass is 10.1. The summed E-state index contributed by atoms with van der Waals surface area (Å²) in [6.45, 7) is 6.10. The van der Waals surface area contributed by atoms with Crippen molar-refractivity contribution in [3.05, 3.63) is 29.3 Å². The monoisotopic (exact) mass is 250 g/mol. The third kappa shape index (κ3) is 4.00. The van der Waals surface area contributed by atoms with Crippen molar-refractivity contribution in [1.29, 1.82) is 0 Å². The van der Waals surface area contributed by atoms with Gasteiger partial charge in [0, 0.05) is 6.61 Å². The van der Waals surface area contributed by atoms with Crippen LogP contribution in [0.15, 0.2) is 18.2 Å². The molecule has 18 heavy (non-hydrogen) atoms. The zero-order chi connectivity index (χ0) is 12.8. The minimum absolute atomic E-state index is 0.0269. The highest BCUT2D eigenvalue weighted by Gasteiger charge is 2.13. The van der Waals surface area contributed by atoms with Crippen molar-refractivity contribution in [1.82, 2.24) is 0 Å². The average molecular weight is 250 g/mol. The highest BCUT2D eigenvalue weighted by molar-refractivity contribution is 5.35. The summed E-state index contributed by atoms with van der Waals surface area (Å²) in [4.78, 5) is 0. The fraction of sp³-hybridized carbons (Fsp3) is 0.600. The number of rotatable bonds is 5. The minimum Gasteiger partial charge on any atom is -0.491 e. The van der Waals surface area contributed by atoms with E-state index in [1.807, 2.05) is 0 Å². The van der Waals surface area contributed by atoms with Crippen molar-refractivity contribution in [3.63, 3.8) is 0 Å². The Balaban J connectivity index is 1.69. The van der Waals surface area contributed by atoms with Crippen LogP contribution < -0.4 is 4.74 Å². The molecule has 1 aromatic carbocycles. The topological polar surface area (TPSA) is 27.7 Å². The first kappa shape index (κ1) is 13.4. The van der Waals surface area contributed by atoms with Gasteiger partial charge in [0.1, 0.15) is 12.4 Å². The van der Waals surface area contributed by atoms with E-state index in [2.05, 4.69) is 32.0 Å². The van der Waals surface area contributed by atoms with Gasteiger partial charge in [-0.15, -0.1) is 0 Å². The number of ether oxygens (including phenoxy) is 3. The van der Waals surface area contributed by atoms with Crippen LogP contribution in [-0.4, -0.2) is 26.1 Å². The quantitative estimate of drug-likeness (QED) is 0.751. The first-order chi connectivity index (χ1) is 8.75. The zero-order valence-electron chi connectivity index (χ0n) is 11.3. The number of benzene rings is 1. The molecule has 0 aliphatic carbocycles. The highest BCUT2D eigenvalue weighted by atomic mass is 16.7. The standard InChI is InChI=1S/C15H22O3/c1-12-6-7-13(2)14(11-12)16-9-10-18-15-5-3-4-8-17-15/h6-7,11,15H,3-5,8-10H2,1-2H3. The van der Waals surface area contributed by atoms with E-state index >= 15 is 0 Å². The first-order valence-electron chi connectivity index (χ1n) is 6.69. The van der Waals surface area contributed by atoms with Gasteiger partial charge in [-0.2, -0.15) is 0 Å². The summed E-state index contributed by atoms with van der Waals surface area (Å²) in [6, 6.07) is 6.23. The molecule has 1 saturated heterocycles. The second-order valence-electron chi connectivity index (χ2n) is 4.78. The number of aryl methyl sites for hydroxylation is 2. The fourth-order valence-electron chi connectivity index (χ4n) is 2.04. The molecule has 0 saturated carbocycles. The van der Waals surface area contributed by atoms with E-state index in [0.717, 1.165) is 30.8 Å². The molecule has 0 bridgehead atoms. The lowest BCUT2D eigenvalue weighted by Crippen LogP contribution is -2.24. The van der Waals surface area contributed by atoms with E-state index in [1.165, 1.54) is 12.0 Å². The summed E-state index contributed by atoms with van der Waals surface area (Å²) in [6.07, 6.45) is 3.33. The van der Waals surface area contributed by atoms with Gasteiger partial charge in [-0.1, -0.05) is 12.1 Å². The van der Waals surface area contributed by atoms with Crippen molar-refractivity contribution in [3.8, 4) is 5.75 Å². The summed E-state index contributed by atoms with van der Waals surface area (Å²) < 4.78 is 16.9. The van der Waals surface area contributed by atoms with E-state index in [0.29, 0.717) is 13.2 Å². The number of hydrogen-bond donors (Lipinski definition) is 0. The van der Waals surface area contributed by atoms with Crippen molar-refractivity contribution in [2.24, 2.45) is 0 Å². The van der Waals surface area contributed by atoms with Crippen molar-refractivity contribution in [2.75, 3.05) is 19.8 Å². The Labute approximate surface area is 109 Å². The molecular formula is C15H22O3. The lowest BCUT2D eigenvalue weighted by molar-refractivity contribution is -0.165. The number of hydrogen-bond acceptors (Lipinski definition) is 3. The van der Waals surface area contributed by atoms with Crippen LogP contribution in [0.25, 0.3) is 0 Å². The third-order valence-corrected chi connectivity index (χ3v) is 3.13. The molecule has 1 heterocycles. The molecule has 0 aromatic heterocycles. The van der Waals surface area contributed by atoms with Gasteiger partial charge < -0.3 is 14.2 Å². The molecule has 0 N–H and O–H groups in total. The van der Waals surface area contributed by atoms with Crippen molar-refractivity contribution >= 4 is 0 Å². The maximum Gasteiger partial charge on any atom is 0.157 e. The van der Waals surface area contributed by atoms with Crippen LogP contribution in [0, 0.1) is 13.8 Å². The molecule has 0 amide bonds. The highest BCUT2D eigenvalue weighted by Crippen LogP contribution is 2.19. The first-order valence-corrected chi connectivity index (χ1v) is 6.69. The molecule has 1 atom stereocenters. The second-order valence-corrected chi connectivity index (χ2v) is 4.78.